The third kappa shape index (κ3) is 2.12. The first-order chi connectivity index (χ1) is 9.28. The number of fused-ring (bicyclic) bond motifs is 1. The Morgan fingerprint density at radius 2 is 2.00 bits per heavy atom. The van der Waals surface area contributed by atoms with Gasteiger partial charge in [-0.3, -0.25) is 4.79 Å². The molecular weight excluding hydrogens is 245 g/mol. The molecule has 0 fully saturated rings. The molecule has 3 nitrogen and oxygen atoms in total. The Labute approximate surface area is 109 Å². The van der Waals surface area contributed by atoms with Crippen LogP contribution in [0.4, 0.5) is 10.1 Å². The molecule has 1 aliphatic rings. The fourth-order valence-electron chi connectivity index (χ4n) is 2.00. The largest absolute Gasteiger partial charge is 0.461 e. The predicted molar refractivity (Wildman–Crippen MR) is 68.9 cm³/mol. The van der Waals surface area contributed by atoms with Crippen molar-refractivity contribution in [2.45, 2.75) is 6.10 Å². The van der Waals surface area contributed by atoms with Crippen molar-refractivity contribution in [3.8, 4) is 0 Å². The van der Waals surface area contributed by atoms with E-state index in [0.717, 1.165) is 5.56 Å². The first-order valence-electron chi connectivity index (χ1n) is 5.83. The number of hydrogen-bond acceptors (Lipinski definition) is 3. The zero-order chi connectivity index (χ0) is 13.2. The van der Waals surface area contributed by atoms with Gasteiger partial charge in [-0.2, -0.15) is 0 Å². The van der Waals surface area contributed by atoms with Crippen LogP contribution < -0.4 is 0 Å². The van der Waals surface area contributed by atoms with E-state index in [2.05, 4.69) is 4.99 Å². The van der Waals surface area contributed by atoms with Gasteiger partial charge in [0.1, 0.15) is 5.82 Å². The molecule has 0 aliphatic carbocycles. The van der Waals surface area contributed by atoms with E-state index in [4.69, 9.17) is 4.74 Å². The van der Waals surface area contributed by atoms with Crippen molar-refractivity contribution in [3.05, 3.63) is 65.5 Å². The molecule has 0 saturated heterocycles. The molecule has 0 N–H and O–H groups in total. The summed E-state index contributed by atoms with van der Waals surface area (Å²) in [6.07, 6.45) is 0.0132. The van der Waals surface area contributed by atoms with Crippen molar-refractivity contribution in [1.29, 1.82) is 0 Å². The second-order valence-corrected chi connectivity index (χ2v) is 4.16. The van der Waals surface area contributed by atoms with Gasteiger partial charge in [-0.1, -0.05) is 24.3 Å². The SMILES string of the molecule is O=CC1OC(c2cccc(F)c2)=Nc2ccccc21. The maximum absolute atomic E-state index is 13.2. The van der Waals surface area contributed by atoms with Crippen LogP contribution in [0.1, 0.15) is 17.2 Å². The monoisotopic (exact) mass is 255 g/mol. The van der Waals surface area contributed by atoms with Crippen LogP contribution in [0.3, 0.4) is 0 Å². The minimum atomic E-state index is -0.702. The number of aldehydes is 1. The lowest BCUT2D eigenvalue weighted by Crippen LogP contribution is -2.17. The Morgan fingerprint density at radius 1 is 1.16 bits per heavy atom. The van der Waals surface area contributed by atoms with E-state index in [9.17, 15) is 9.18 Å². The van der Waals surface area contributed by atoms with Crippen LogP contribution in [-0.2, 0) is 9.53 Å². The Morgan fingerprint density at radius 3 is 2.79 bits per heavy atom. The van der Waals surface area contributed by atoms with Crippen LogP contribution in [0.25, 0.3) is 0 Å². The molecule has 0 spiro atoms. The van der Waals surface area contributed by atoms with Gasteiger partial charge in [0.25, 0.3) is 0 Å². The van der Waals surface area contributed by atoms with Crippen LogP contribution in [0.15, 0.2) is 53.5 Å². The molecule has 0 bridgehead atoms. The van der Waals surface area contributed by atoms with Gasteiger partial charge in [0.2, 0.25) is 5.90 Å². The smallest absolute Gasteiger partial charge is 0.222 e. The van der Waals surface area contributed by atoms with Crippen molar-refractivity contribution < 1.29 is 13.9 Å². The number of benzene rings is 2. The van der Waals surface area contributed by atoms with E-state index < -0.39 is 6.10 Å². The van der Waals surface area contributed by atoms with E-state index in [1.807, 2.05) is 12.1 Å². The number of aliphatic imine (C=N–C) groups is 1. The van der Waals surface area contributed by atoms with Gasteiger partial charge in [0.15, 0.2) is 12.4 Å². The number of halogens is 1. The van der Waals surface area contributed by atoms with Gasteiger partial charge in [0.05, 0.1) is 5.69 Å². The standard InChI is InChI=1S/C15H10FNO2/c16-11-5-3-4-10(8-11)15-17-13-7-2-1-6-12(13)14(9-18)19-15/h1-9,14H. The van der Waals surface area contributed by atoms with Crippen LogP contribution in [0.5, 0.6) is 0 Å². The average Bonchev–Trinajstić information content (AvgIpc) is 2.46. The van der Waals surface area contributed by atoms with Gasteiger partial charge >= 0.3 is 0 Å². The third-order valence-corrected chi connectivity index (χ3v) is 2.90. The van der Waals surface area contributed by atoms with Gasteiger partial charge < -0.3 is 4.74 Å². The minimum Gasteiger partial charge on any atom is -0.461 e. The predicted octanol–water partition coefficient (Wildman–Crippen LogP) is 3.17. The summed E-state index contributed by atoms with van der Waals surface area (Å²) in [5.74, 6) is -0.111. The first-order valence-corrected chi connectivity index (χ1v) is 5.83. The molecule has 0 saturated carbocycles. The summed E-state index contributed by atoms with van der Waals surface area (Å²) < 4.78 is 18.7. The summed E-state index contributed by atoms with van der Waals surface area (Å²) in [6.45, 7) is 0. The highest BCUT2D eigenvalue weighted by atomic mass is 19.1. The molecular formula is C15H10FNO2. The zero-order valence-electron chi connectivity index (χ0n) is 9.92. The third-order valence-electron chi connectivity index (χ3n) is 2.90. The molecule has 2 aromatic rings. The molecule has 4 heteroatoms. The highest BCUT2D eigenvalue weighted by molar-refractivity contribution is 5.98. The van der Waals surface area contributed by atoms with Gasteiger partial charge in [0, 0.05) is 11.1 Å². The quantitative estimate of drug-likeness (QED) is 0.773. The van der Waals surface area contributed by atoms with Crippen molar-refractivity contribution in [3.63, 3.8) is 0 Å². The minimum absolute atomic E-state index is 0.260. The van der Waals surface area contributed by atoms with Gasteiger partial charge in [-0.15, -0.1) is 0 Å². The molecule has 1 heterocycles. The Bertz CT molecular complexity index is 667. The Kier molecular flexibility index (Phi) is 2.83. The van der Waals surface area contributed by atoms with Crippen molar-refractivity contribution in [2.24, 2.45) is 4.99 Å². The highest BCUT2D eigenvalue weighted by Gasteiger charge is 2.23. The van der Waals surface area contributed by atoms with Gasteiger partial charge in [-0.25, -0.2) is 9.38 Å². The van der Waals surface area contributed by atoms with E-state index >= 15 is 0 Å². The van der Waals surface area contributed by atoms with Crippen molar-refractivity contribution in [2.75, 3.05) is 0 Å². The zero-order valence-corrected chi connectivity index (χ0v) is 9.92. The number of carbonyl (C=O) groups excluding carboxylic acids is 1. The van der Waals surface area contributed by atoms with E-state index in [-0.39, 0.29) is 11.7 Å². The summed E-state index contributed by atoms with van der Waals surface area (Å²) >= 11 is 0. The number of ether oxygens (including phenoxy) is 1. The van der Waals surface area contributed by atoms with Crippen LogP contribution >= 0.6 is 0 Å². The van der Waals surface area contributed by atoms with Gasteiger partial charge in [-0.05, 0) is 24.3 Å². The molecule has 1 unspecified atom stereocenters. The molecule has 0 aromatic heterocycles. The van der Waals surface area contributed by atoms with Crippen molar-refractivity contribution >= 4 is 17.9 Å². The van der Waals surface area contributed by atoms with E-state index in [1.165, 1.54) is 12.1 Å². The lowest BCUT2D eigenvalue weighted by molar-refractivity contribution is -0.114. The molecule has 2 aromatic carbocycles. The average molecular weight is 255 g/mol. The lowest BCUT2D eigenvalue weighted by atomic mass is 10.1. The summed E-state index contributed by atoms with van der Waals surface area (Å²) in [5, 5.41) is 0. The Balaban J connectivity index is 2.10. The molecule has 0 amide bonds. The van der Waals surface area contributed by atoms with Crippen molar-refractivity contribution in [1.82, 2.24) is 0 Å². The molecule has 94 valence electrons. The highest BCUT2D eigenvalue weighted by Crippen LogP contribution is 2.32. The maximum Gasteiger partial charge on any atom is 0.222 e. The normalized spacial score (nSPS) is 17.1. The summed E-state index contributed by atoms with van der Waals surface area (Å²) in [4.78, 5) is 15.4. The second-order valence-electron chi connectivity index (χ2n) is 4.16. The summed E-state index contributed by atoms with van der Waals surface area (Å²) in [7, 11) is 0. The van der Waals surface area contributed by atoms with Crippen LogP contribution in [0, 0.1) is 5.82 Å². The van der Waals surface area contributed by atoms with E-state index in [0.29, 0.717) is 17.5 Å². The number of hydrogen-bond donors (Lipinski definition) is 0. The van der Waals surface area contributed by atoms with E-state index in [1.54, 1.807) is 24.3 Å². The Hall–Kier alpha value is -2.49. The number of carbonyl (C=O) groups is 1. The fraction of sp³-hybridized carbons (Fsp3) is 0.0667. The summed E-state index contributed by atoms with van der Waals surface area (Å²) in [5.41, 5.74) is 1.91. The van der Waals surface area contributed by atoms with Crippen LogP contribution in [0.2, 0.25) is 0 Å². The van der Waals surface area contributed by atoms with Crippen LogP contribution in [-0.4, -0.2) is 12.2 Å². The fourth-order valence-corrected chi connectivity index (χ4v) is 2.00. The number of para-hydroxylation sites is 1. The molecule has 1 aliphatic heterocycles. The molecule has 19 heavy (non-hydrogen) atoms. The molecule has 1 atom stereocenters. The number of nitrogens with zero attached hydrogens (tertiary/aromatic N) is 1. The lowest BCUT2D eigenvalue weighted by Gasteiger charge is -2.22. The number of rotatable bonds is 2. The molecule has 0 radical (unpaired) electrons. The second kappa shape index (κ2) is 4.65. The topological polar surface area (TPSA) is 38.7 Å². The maximum atomic E-state index is 13.2. The molecule has 3 rings (SSSR count). The summed E-state index contributed by atoms with van der Waals surface area (Å²) in [6, 6.07) is 13.2. The first kappa shape index (κ1) is 11.6.